The van der Waals surface area contributed by atoms with Crippen LogP contribution < -0.4 is 0 Å². The number of nitrogens with zero attached hydrogens (tertiary/aromatic N) is 2. The first-order valence-electron chi connectivity index (χ1n) is 7.76. The second kappa shape index (κ2) is 5.79. The second-order valence-corrected chi connectivity index (χ2v) is 6.94. The van der Waals surface area contributed by atoms with E-state index in [0.29, 0.717) is 24.3 Å². The lowest BCUT2D eigenvalue weighted by atomic mass is 10.1. The van der Waals surface area contributed by atoms with Gasteiger partial charge >= 0.3 is 12.3 Å². The zero-order chi connectivity index (χ0) is 18.4. The Kier molecular flexibility index (Phi) is 4.01. The monoisotopic (exact) mass is 353 g/mol. The average molecular weight is 353 g/mol. The Bertz CT molecular complexity index is 789. The van der Waals surface area contributed by atoms with Gasteiger partial charge in [-0.3, -0.25) is 10.00 Å². The van der Waals surface area contributed by atoms with Gasteiger partial charge in [0.25, 0.3) is 0 Å². The minimum Gasteiger partial charge on any atom is -0.444 e. The number of H-pyrrole nitrogens is 1. The summed E-state index contributed by atoms with van der Waals surface area (Å²) in [6.45, 7) is 6.00. The van der Waals surface area contributed by atoms with Crippen molar-refractivity contribution in [1.29, 1.82) is 0 Å². The molecule has 1 aromatic carbocycles. The summed E-state index contributed by atoms with van der Waals surface area (Å²) in [7, 11) is 0. The predicted molar refractivity (Wildman–Crippen MR) is 84.5 cm³/mol. The van der Waals surface area contributed by atoms with Crippen molar-refractivity contribution < 1.29 is 22.7 Å². The maximum absolute atomic E-state index is 12.7. The highest BCUT2D eigenvalue weighted by molar-refractivity contribution is 5.72. The Morgan fingerprint density at radius 1 is 1.16 bits per heavy atom. The fourth-order valence-corrected chi connectivity index (χ4v) is 2.65. The summed E-state index contributed by atoms with van der Waals surface area (Å²) in [4.78, 5) is 13.7. The Balaban J connectivity index is 1.80. The normalized spacial score (nSPS) is 14.6. The molecule has 1 amide bonds. The van der Waals surface area contributed by atoms with Crippen molar-refractivity contribution in [2.45, 2.75) is 45.6 Å². The fourth-order valence-electron chi connectivity index (χ4n) is 2.65. The zero-order valence-electron chi connectivity index (χ0n) is 14.1. The third-order valence-corrected chi connectivity index (χ3v) is 3.79. The van der Waals surface area contributed by atoms with E-state index in [9.17, 15) is 18.0 Å². The number of benzene rings is 1. The summed E-state index contributed by atoms with van der Waals surface area (Å²) in [6, 6.07) is 4.82. The minimum atomic E-state index is -4.38. The molecule has 2 heterocycles. The van der Waals surface area contributed by atoms with Crippen LogP contribution in [0.3, 0.4) is 0 Å². The lowest BCUT2D eigenvalue weighted by molar-refractivity contribution is -0.137. The van der Waals surface area contributed by atoms with Crippen molar-refractivity contribution in [3.63, 3.8) is 0 Å². The number of hydrogen-bond donors (Lipinski definition) is 1. The second-order valence-electron chi connectivity index (χ2n) is 6.94. The van der Waals surface area contributed by atoms with E-state index >= 15 is 0 Å². The molecule has 0 atom stereocenters. The molecular weight excluding hydrogens is 335 g/mol. The van der Waals surface area contributed by atoms with Crippen LogP contribution in [0.2, 0.25) is 0 Å². The highest BCUT2D eigenvalue weighted by Gasteiger charge is 2.33. The van der Waals surface area contributed by atoms with Gasteiger partial charge in [0.1, 0.15) is 5.60 Å². The third-order valence-electron chi connectivity index (χ3n) is 3.79. The quantitative estimate of drug-likeness (QED) is 0.829. The molecule has 5 nitrogen and oxygen atoms in total. The standard InChI is InChI=1S/C17H18F3N3O2/c1-16(2,3)25-15(24)23-8-12-13(9-23)21-22-14(12)10-4-6-11(7-5-10)17(18,19)20/h4-7H,8-9H2,1-3H3,(H,21,22). The summed E-state index contributed by atoms with van der Waals surface area (Å²) < 4.78 is 43.4. The van der Waals surface area contributed by atoms with Gasteiger partial charge in [-0.05, 0) is 32.9 Å². The van der Waals surface area contributed by atoms with Crippen molar-refractivity contribution >= 4 is 6.09 Å². The lowest BCUT2D eigenvalue weighted by Crippen LogP contribution is -2.33. The van der Waals surface area contributed by atoms with E-state index in [4.69, 9.17) is 4.74 Å². The van der Waals surface area contributed by atoms with E-state index in [0.717, 1.165) is 23.4 Å². The molecule has 0 saturated heterocycles. The molecule has 0 fully saturated rings. The van der Waals surface area contributed by atoms with Crippen LogP contribution in [0.25, 0.3) is 11.3 Å². The van der Waals surface area contributed by atoms with Gasteiger partial charge in [-0.2, -0.15) is 18.3 Å². The molecule has 25 heavy (non-hydrogen) atoms. The number of alkyl halides is 3. The SMILES string of the molecule is CC(C)(C)OC(=O)N1Cc2[nH]nc(-c3ccc(C(F)(F)F)cc3)c2C1. The van der Waals surface area contributed by atoms with E-state index in [1.54, 1.807) is 20.8 Å². The number of fused-ring (bicyclic) bond motifs is 1. The molecule has 2 aromatic rings. The van der Waals surface area contributed by atoms with Gasteiger partial charge in [0.05, 0.1) is 30.0 Å². The molecule has 0 saturated carbocycles. The Hall–Kier alpha value is -2.51. The number of nitrogens with one attached hydrogen (secondary N) is 1. The van der Waals surface area contributed by atoms with Crippen molar-refractivity contribution in [2.75, 3.05) is 0 Å². The van der Waals surface area contributed by atoms with Crippen LogP contribution in [0.15, 0.2) is 24.3 Å². The van der Waals surface area contributed by atoms with Crippen molar-refractivity contribution in [1.82, 2.24) is 15.1 Å². The Labute approximate surface area is 142 Å². The summed E-state index contributed by atoms with van der Waals surface area (Å²) in [5.74, 6) is 0. The average Bonchev–Trinajstić information content (AvgIpc) is 3.04. The maximum atomic E-state index is 12.7. The molecule has 1 aliphatic rings. The number of hydrogen-bond acceptors (Lipinski definition) is 3. The highest BCUT2D eigenvalue weighted by Crippen LogP contribution is 2.34. The van der Waals surface area contributed by atoms with E-state index in [-0.39, 0.29) is 0 Å². The lowest BCUT2D eigenvalue weighted by Gasteiger charge is -2.24. The molecule has 0 spiro atoms. The van der Waals surface area contributed by atoms with Gasteiger partial charge in [0, 0.05) is 11.1 Å². The molecule has 0 unspecified atom stereocenters. The highest BCUT2D eigenvalue weighted by atomic mass is 19.4. The number of aromatic nitrogens is 2. The summed E-state index contributed by atoms with van der Waals surface area (Å²) in [6.07, 6.45) is -4.81. The van der Waals surface area contributed by atoms with E-state index in [2.05, 4.69) is 10.2 Å². The van der Waals surface area contributed by atoms with Crippen LogP contribution in [-0.2, 0) is 24.0 Å². The number of aromatic amines is 1. The molecule has 8 heteroatoms. The molecule has 134 valence electrons. The van der Waals surface area contributed by atoms with Gasteiger partial charge in [-0.1, -0.05) is 12.1 Å². The number of carbonyl (C=O) groups is 1. The van der Waals surface area contributed by atoms with Gasteiger partial charge in [-0.15, -0.1) is 0 Å². The summed E-state index contributed by atoms with van der Waals surface area (Å²) >= 11 is 0. The van der Waals surface area contributed by atoms with Gasteiger partial charge in [-0.25, -0.2) is 4.79 Å². The smallest absolute Gasteiger partial charge is 0.416 e. The van der Waals surface area contributed by atoms with E-state index in [1.807, 2.05) is 0 Å². The number of rotatable bonds is 1. The molecule has 0 radical (unpaired) electrons. The largest absolute Gasteiger partial charge is 0.444 e. The van der Waals surface area contributed by atoms with E-state index < -0.39 is 23.4 Å². The number of ether oxygens (including phenoxy) is 1. The fraction of sp³-hybridized carbons (Fsp3) is 0.412. The number of carbonyl (C=O) groups excluding carboxylic acids is 1. The van der Waals surface area contributed by atoms with Crippen molar-refractivity contribution in [2.24, 2.45) is 0 Å². The van der Waals surface area contributed by atoms with Crippen molar-refractivity contribution in [3.05, 3.63) is 41.1 Å². The molecule has 0 aliphatic carbocycles. The van der Waals surface area contributed by atoms with E-state index in [1.165, 1.54) is 17.0 Å². The van der Waals surface area contributed by atoms with Gasteiger partial charge in [0.15, 0.2) is 0 Å². The molecule has 1 aliphatic heterocycles. The molecule has 0 bridgehead atoms. The minimum absolute atomic E-state index is 0.303. The summed E-state index contributed by atoms with van der Waals surface area (Å²) in [5.41, 5.74) is 1.37. The van der Waals surface area contributed by atoms with Crippen LogP contribution >= 0.6 is 0 Å². The van der Waals surface area contributed by atoms with Crippen LogP contribution in [0, 0.1) is 0 Å². The maximum Gasteiger partial charge on any atom is 0.416 e. The molecule has 1 aromatic heterocycles. The first kappa shape index (κ1) is 17.3. The van der Waals surface area contributed by atoms with Crippen LogP contribution in [0.1, 0.15) is 37.6 Å². The molecule has 1 N–H and O–H groups in total. The Morgan fingerprint density at radius 3 is 2.36 bits per heavy atom. The molecule has 3 rings (SSSR count). The van der Waals surface area contributed by atoms with Gasteiger partial charge < -0.3 is 4.74 Å². The Morgan fingerprint density at radius 2 is 1.80 bits per heavy atom. The molecular formula is C17H18F3N3O2. The number of halogens is 3. The van der Waals surface area contributed by atoms with Crippen molar-refractivity contribution in [3.8, 4) is 11.3 Å². The number of amides is 1. The first-order chi connectivity index (χ1) is 11.5. The predicted octanol–water partition coefficient (Wildman–Crippen LogP) is 4.35. The topological polar surface area (TPSA) is 58.2 Å². The van der Waals surface area contributed by atoms with Crippen LogP contribution in [0.5, 0.6) is 0 Å². The summed E-state index contributed by atoms with van der Waals surface area (Å²) in [5, 5.41) is 7.04. The van der Waals surface area contributed by atoms with Gasteiger partial charge in [0.2, 0.25) is 0 Å². The first-order valence-corrected chi connectivity index (χ1v) is 7.76. The third kappa shape index (κ3) is 3.62. The zero-order valence-corrected chi connectivity index (χ0v) is 14.1. The van der Waals surface area contributed by atoms with Crippen LogP contribution in [-0.4, -0.2) is 26.8 Å². The van der Waals surface area contributed by atoms with Crippen LogP contribution in [0.4, 0.5) is 18.0 Å².